The van der Waals surface area contributed by atoms with E-state index in [1.165, 1.54) is 4.88 Å². The predicted octanol–water partition coefficient (Wildman–Crippen LogP) is 3.94. The SMILES string of the molecule is Cc1nc(C)c(C(C)Nc2cc(C(=O)O)ccc2C)s1. The molecule has 0 radical (unpaired) electrons. The van der Waals surface area contributed by atoms with Crippen LogP contribution in [0, 0.1) is 20.8 Å². The van der Waals surface area contributed by atoms with Crippen LogP contribution in [0.3, 0.4) is 0 Å². The van der Waals surface area contributed by atoms with Gasteiger partial charge in [-0.1, -0.05) is 6.07 Å². The van der Waals surface area contributed by atoms with E-state index in [4.69, 9.17) is 5.11 Å². The van der Waals surface area contributed by atoms with Crippen LogP contribution >= 0.6 is 11.3 Å². The number of aromatic carboxylic acids is 1. The molecule has 0 bridgehead atoms. The van der Waals surface area contributed by atoms with Gasteiger partial charge in [-0.05, 0) is 45.4 Å². The zero-order valence-corrected chi connectivity index (χ0v) is 12.8. The fourth-order valence-electron chi connectivity index (χ4n) is 2.16. The van der Waals surface area contributed by atoms with Crippen LogP contribution < -0.4 is 5.32 Å². The summed E-state index contributed by atoms with van der Waals surface area (Å²) in [5.74, 6) is -0.912. The summed E-state index contributed by atoms with van der Waals surface area (Å²) < 4.78 is 0. The van der Waals surface area contributed by atoms with Crippen LogP contribution in [0.15, 0.2) is 18.2 Å². The lowest BCUT2D eigenvalue weighted by molar-refractivity contribution is 0.0697. The summed E-state index contributed by atoms with van der Waals surface area (Å²) >= 11 is 1.67. The first kappa shape index (κ1) is 14.5. The van der Waals surface area contributed by atoms with E-state index in [2.05, 4.69) is 17.2 Å². The molecule has 106 valence electrons. The Bertz CT molecular complexity index is 649. The lowest BCUT2D eigenvalue weighted by atomic mass is 10.1. The Morgan fingerprint density at radius 1 is 1.35 bits per heavy atom. The van der Waals surface area contributed by atoms with Gasteiger partial charge in [0.05, 0.1) is 22.3 Å². The van der Waals surface area contributed by atoms with Gasteiger partial charge < -0.3 is 10.4 Å². The quantitative estimate of drug-likeness (QED) is 0.895. The molecule has 1 atom stereocenters. The number of hydrogen-bond donors (Lipinski definition) is 2. The van der Waals surface area contributed by atoms with Crippen molar-refractivity contribution < 1.29 is 9.90 Å². The minimum Gasteiger partial charge on any atom is -0.478 e. The first-order chi connectivity index (χ1) is 9.38. The number of aromatic nitrogens is 1. The molecule has 2 rings (SSSR count). The Labute approximate surface area is 122 Å². The van der Waals surface area contributed by atoms with Crippen LogP contribution in [0.2, 0.25) is 0 Å². The summed E-state index contributed by atoms with van der Waals surface area (Å²) in [6.07, 6.45) is 0. The molecule has 1 heterocycles. The summed E-state index contributed by atoms with van der Waals surface area (Å²) in [5, 5.41) is 13.5. The molecule has 5 heteroatoms. The van der Waals surface area contributed by atoms with E-state index in [0.29, 0.717) is 5.56 Å². The molecule has 0 saturated heterocycles. The molecule has 0 spiro atoms. The van der Waals surface area contributed by atoms with Crippen LogP contribution in [0.5, 0.6) is 0 Å². The number of nitrogens with one attached hydrogen (secondary N) is 1. The van der Waals surface area contributed by atoms with Crippen LogP contribution in [-0.2, 0) is 0 Å². The van der Waals surface area contributed by atoms with Crippen molar-refractivity contribution in [1.29, 1.82) is 0 Å². The highest BCUT2D eigenvalue weighted by atomic mass is 32.1. The average molecular weight is 290 g/mol. The number of carbonyl (C=O) groups is 1. The van der Waals surface area contributed by atoms with Gasteiger partial charge in [-0.15, -0.1) is 11.3 Å². The fraction of sp³-hybridized carbons (Fsp3) is 0.333. The molecule has 0 aliphatic rings. The van der Waals surface area contributed by atoms with Crippen molar-refractivity contribution in [2.75, 3.05) is 5.32 Å². The zero-order valence-electron chi connectivity index (χ0n) is 12.0. The molecule has 0 saturated carbocycles. The molecule has 0 aliphatic carbocycles. The maximum atomic E-state index is 11.0. The van der Waals surface area contributed by atoms with E-state index in [0.717, 1.165) is 22.0 Å². The van der Waals surface area contributed by atoms with E-state index in [9.17, 15) is 4.79 Å². The summed E-state index contributed by atoms with van der Waals surface area (Å²) in [7, 11) is 0. The Morgan fingerprint density at radius 2 is 2.05 bits per heavy atom. The smallest absolute Gasteiger partial charge is 0.335 e. The van der Waals surface area contributed by atoms with E-state index < -0.39 is 5.97 Å². The number of nitrogens with zero attached hydrogens (tertiary/aromatic N) is 1. The second-order valence-corrected chi connectivity index (χ2v) is 6.12. The molecule has 0 amide bonds. The van der Waals surface area contributed by atoms with Crippen LogP contribution in [0.25, 0.3) is 0 Å². The second-order valence-electron chi connectivity index (χ2n) is 4.88. The topological polar surface area (TPSA) is 62.2 Å². The van der Waals surface area contributed by atoms with Crippen molar-refractivity contribution >= 4 is 23.0 Å². The van der Waals surface area contributed by atoms with Crippen molar-refractivity contribution in [2.24, 2.45) is 0 Å². The number of benzene rings is 1. The van der Waals surface area contributed by atoms with Gasteiger partial charge >= 0.3 is 5.97 Å². The summed E-state index contributed by atoms with van der Waals surface area (Å²) in [6.45, 7) is 8.01. The van der Waals surface area contributed by atoms with Gasteiger partial charge in [0.1, 0.15) is 0 Å². The number of aryl methyl sites for hydroxylation is 3. The monoisotopic (exact) mass is 290 g/mol. The molecule has 1 aromatic heterocycles. The Hall–Kier alpha value is -1.88. The van der Waals surface area contributed by atoms with Gasteiger partial charge in [-0.2, -0.15) is 0 Å². The third-order valence-electron chi connectivity index (χ3n) is 3.19. The van der Waals surface area contributed by atoms with Crippen LogP contribution in [0.1, 0.15) is 44.5 Å². The van der Waals surface area contributed by atoms with Crippen LogP contribution in [0.4, 0.5) is 5.69 Å². The average Bonchev–Trinajstić information content (AvgIpc) is 2.71. The standard InChI is InChI=1S/C15H18N2O2S/c1-8-5-6-12(15(18)19)7-13(8)17-10(3)14-9(2)16-11(4)20-14/h5-7,10,17H,1-4H3,(H,18,19). The van der Waals surface area contributed by atoms with Gasteiger partial charge in [0, 0.05) is 10.6 Å². The highest BCUT2D eigenvalue weighted by molar-refractivity contribution is 7.11. The minimum atomic E-state index is -0.912. The number of carboxylic acid groups (broad SMARTS) is 1. The molecule has 4 nitrogen and oxygen atoms in total. The largest absolute Gasteiger partial charge is 0.478 e. The zero-order chi connectivity index (χ0) is 14.9. The van der Waals surface area contributed by atoms with Gasteiger partial charge in [-0.3, -0.25) is 0 Å². The normalized spacial score (nSPS) is 12.2. The molecule has 1 unspecified atom stereocenters. The van der Waals surface area contributed by atoms with E-state index in [1.807, 2.05) is 26.8 Å². The highest BCUT2D eigenvalue weighted by Crippen LogP contribution is 2.29. The molecule has 2 N–H and O–H groups in total. The number of rotatable bonds is 4. The van der Waals surface area contributed by atoms with Crippen molar-refractivity contribution in [1.82, 2.24) is 4.98 Å². The maximum absolute atomic E-state index is 11.0. The number of hydrogen-bond acceptors (Lipinski definition) is 4. The lowest BCUT2D eigenvalue weighted by Gasteiger charge is -2.17. The van der Waals surface area contributed by atoms with E-state index in [1.54, 1.807) is 23.5 Å². The molecular weight excluding hydrogens is 272 g/mol. The molecular formula is C15H18N2O2S. The van der Waals surface area contributed by atoms with Crippen LogP contribution in [-0.4, -0.2) is 16.1 Å². The number of anilines is 1. The molecule has 0 aliphatic heterocycles. The van der Waals surface area contributed by atoms with E-state index >= 15 is 0 Å². The lowest BCUT2D eigenvalue weighted by Crippen LogP contribution is -2.08. The Kier molecular flexibility index (Phi) is 4.09. The molecule has 0 fully saturated rings. The Morgan fingerprint density at radius 3 is 2.60 bits per heavy atom. The van der Waals surface area contributed by atoms with Gasteiger partial charge in [0.2, 0.25) is 0 Å². The number of thiazole rings is 1. The van der Waals surface area contributed by atoms with Crippen molar-refractivity contribution in [3.63, 3.8) is 0 Å². The van der Waals surface area contributed by atoms with Crippen molar-refractivity contribution in [3.8, 4) is 0 Å². The first-order valence-electron chi connectivity index (χ1n) is 6.43. The van der Waals surface area contributed by atoms with Crippen molar-refractivity contribution in [3.05, 3.63) is 44.9 Å². The number of carboxylic acids is 1. The van der Waals surface area contributed by atoms with Gasteiger partial charge in [0.15, 0.2) is 0 Å². The van der Waals surface area contributed by atoms with Gasteiger partial charge in [-0.25, -0.2) is 9.78 Å². The maximum Gasteiger partial charge on any atom is 0.335 e. The molecule has 20 heavy (non-hydrogen) atoms. The summed E-state index contributed by atoms with van der Waals surface area (Å²) in [4.78, 5) is 16.7. The highest BCUT2D eigenvalue weighted by Gasteiger charge is 2.14. The third kappa shape index (κ3) is 2.99. The first-order valence-corrected chi connectivity index (χ1v) is 7.24. The minimum absolute atomic E-state index is 0.101. The third-order valence-corrected chi connectivity index (χ3v) is 4.44. The predicted molar refractivity (Wildman–Crippen MR) is 81.8 cm³/mol. The second kappa shape index (κ2) is 5.63. The summed E-state index contributed by atoms with van der Waals surface area (Å²) in [6, 6.07) is 5.22. The molecule has 1 aromatic carbocycles. The summed E-state index contributed by atoms with van der Waals surface area (Å²) in [5.41, 5.74) is 3.20. The molecule has 2 aromatic rings. The van der Waals surface area contributed by atoms with Gasteiger partial charge in [0.25, 0.3) is 0 Å². The Balaban J connectivity index is 2.27. The fourth-order valence-corrected chi connectivity index (χ4v) is 3.09. The van der Waals surface area contributed by atoms with E-state index in [-0.39, 0.29) is 6.04 Å². The van der Waals surface area contributed by atoms with Crippen molar-refractivity contribution in [2.45, 2.75) is 33.7 Å².